The molecule has 0 aromatic rings. The Bertz CT molecular complexity index is 1060. The number of aliphatic hydroxyl groups excluding tert-OH is 2. The molecule has 0 spiro atoms. The van der Waals surface area contributed by atoms with E-state index in [-0.39, 0.29) is 18.5 Å². The molecule has 3 N–H and O–H groups in total. The van der Waals surface area contributed by atoms with Gasteiger partial charge in [-0.25, -0.2) is 0 Å². The van der Waals surface area contributed by atoms with Crippen LogP contribution in [-0.2, 0) is 14.3 Å². The minimum atomic E-state index is -0.673. The lowest BCUT2D eigenvalue weighted by Gasteiger charge is -2.22. The van der Waals surface area contributed by atoms with Gasteiger partial charge in [-0.1, -0.05) is 269 Å². The third kappa shape index (κ3) is 53.7. The van der Waals surface area contributed by atoms with Gasteiger partial charge in [-0.05, 0) is 77.0 Å². The first-order valence-electron chi connectivity index (χ1n) is 30.6. The van der Waals surface area contributed by atoms with Crippen LogP contribution < -0.4 is 5.32 Å². The maximum atomic E-state index is 12.5. The van der Waals surface area contributed by atoms with Crippen molar-refractivity contribution in [1.29, 1.82) is 0 Å². The fourth-order valence-corrected chi connectivity index (χ4v) is 9.51. The number of unbranched alkanes of at least 4 members (excludes halogenated alkanes) is 42. The largest absolute Gasteiger partial charge is 0.466 e. The monoisotopic (exact) mass is 958 g/mol. The summed E-state index contributed by atoms with van der Waals surface area (Å²) in [5.41, 5.74) is 0. The van der Waals surface area contributed by atoms with Gasteiger partial charge in [0, 0.05) is 12.8 Å². The third-order valence-corrected chi connectivity index (χ3v) is 14.2. The summed E-state index contributed by atoms with van der Waals surface area (Å²) in [6.07, 6.45) is 70.3. The summed E-state index contributed by atoms with van der Waals surface area (Å²) in [5, 5.41) is 23.3. The minimum Gasteiger partial charge on any atom is -0.466 e. The quantitative estimate of drug-likeness (QED) is 0.0321. The second-order valence-corrected chi connectivity index (χ2v) is 21.0. The van der Waals surface area contributed by atoms with E-state index in [1.165, 1.54) is 244 Å². The van der Waals surface area contributed by atoms with Crippen molar-refractivity contribution in [3.8, 4) is 0 Å². The number of allylic oxidation sites excluding steroid dienone is 4. The van der Waals surface area contributed by atoms with Gasteiger partial charge in [0.1, 0.15) is 0 Å². The molecule has 0 aliphatic carbocycles. The van der Waals surface area contributed by atoms with Crippen molar-refractivity contribution >= 4 is 11.9 Å². The zero-order valence-corrected chi connectivity index (χ0v) is 45.9. The highest BCUT2D eigenvalue weighted by molar-refractivity contribution is 5.76. The Kier molecular flexibility index (Phi) is 56.5. The van der Waals surface area contributed by atoms with Crippen LogP contribution in [0.1, 0.15) is 335 Å². The zero-order chi connectivity index (χ0) is 49.3. The van der Waals surface area contributed by atoms with Crippen LogP contribution in [0, 0.1) is 0 Å². The molecule has 0 aromatic heterocycles. The van der Waals surface area contributed by atoms with E-state index in [1.54, 1.807) is 0 Å². The number of amides is 1. The van der Waals surface area contributed by atoms with Crippen LogP contribution in [0.3, 0.4) is 0 Å². The summed E-state index contributed by atoms with van der Waals surface area (Å²) >= 11 is 0. The number of carbonyl (C=O) groups is 2. The molecule has 0 aliphatic heterocycles. The van der Waals surface area contributed by atoms with Gasteiger partial charge < -0.3 is 20.3 Å². The highest BCUT2D eigenvalue weighted by Crippen LogP contribution is 2.17. The average Bonchev–Trinajstić information content (AvgIpc) is 3.34. The van der Waals surface area contributed by atoms with Crippen LogP contribution in [0.4, 0.5) is 0 Å². The van der Waals surface area contributed by atoms with E-state index in [1.807, 2.05) is 0 Å². The van der Waals surface area contributed by atoms with Crippen molar-refractivity contribution in [3.05, 3.63) is 24.3 Å². The van der Waals surface area contributed by atoms with Gasteiger partial charge in [-0.2, -0.15) is 0 Å². The van der Waals surface area contributed by atoms with Crippen LogP contribution in [0.15, 0.2) is 24.3 Å². The average molecular weight is 959 g/mol. The van der Waals surface area contributed by atoms with Gasteiger partial charge >= 0.3 is 5.97 Å². The Morgan fingerprint density at radius 1 is 0.397 bits per heavy atom. The van der Waals surface area contributed by atoms with Gasteiger partial charge in [0.2, 0.25) is 5.91 Å². The van der Waals surface area contributed by atoms with Crippen molar-refractivity contribution in [2.24, 2.45) is 0 Å². The molecule has 402 valence electrons. The maximum absolute atomic E-state index is 12.5. The molecule has 0 fully saturated rings. The summed E-state index contributed by atoms with van der Waals surface area (Å²) in [4.78, 5) is 24.6. The highest BCUT2D eigenvalue weighted by atomic mass is 16.5. The van der Waals surface area contributed by atoms with Crippen LogP contribution >= 0.6 is 0 Å². The minimum absolute atomic E-state index is 0.000113. The van der Waals surface area contributed by atoms with Crippen LogP contribution in [0.2, 0.25) is 0 Å². The molecule has 2 unspecified atom stereocenters. The SMILES string of the molecule is CCCCCCCC/C=C\CCCCCCCCCC(=O)OCCCCCCCCCCC/C=C\CCCCCCCC(=O)NC(CO)C(O)CCCCCCCCCCCCCCCCCC. The second-order valence-electron chi connectivity index (χ2n) is 21.0. The predicted octanol–water partition coefficient (Wildman–Crippen LogP) is 19.0. The smallest absolute Gasteiger partial charge is 0.305 e. The third-order valence-electron chi connectivity index (χ3n) is 14.2. The van der Waals surface area contributed by atoms with Gasteiger partial charge in [0.15, 0.2) is 0 Å². The van der Waals surface area contributed by atoms with Crippen molar-refractivity contribution in [2.45, 2.75) is 347 Å². The Labute approximate surface area is 424 Å². The number of esters is 1. The molecule has 6 nitrogen and oxygen atoms in total. The second kappa shape index (κ2) is 57.9. The maximum Gasteiger partial charge on any atom is 0.305 e. The highest BCUT2D eigenvalue weighted by Gasteiger charge is 2.20. The van der Waals surface area contributed by atoms with Gasteiger partial charge in [-0.15, -0.1) is 0 Å². The number of hydrogen-bond donors (Lipinski definition) is 3. The molecule has 0 aliphatic rings. The number of carbonyl (C=O) groups excluding carboxylic acids is 2. The van der Waals surface area contributed by atoms with E-state index in [0.717, 1.165) is 57.8 Å². The molecule has 0 saturated heterocycles. The summed E-state index contributed by atoms with van der Waals surface area (Å²) in [6.45, 7) is 4.95. The van der Waals surface area contributed by atoms with Crippen LogP contribution in [0.25, 0.3) is 0 Å². The first kappa shape index (κ1) is 66.3. The van der Waals surface area contributed by atoms with Gasteiger partial charge in [-0.3, -0.25) is 9.59 Å². The van der Waals surface area contributed by atoms with E-state index in [4.69, 9.17) is 4.74 Å². The molecular formula is C62H119NO5. The molecule has 0 rings (SSSR count). The van der Waals surface area contributed by atoms with Gasteiger partial charge in [0.05, 0.1) is 25.4 Å². The molecule has 0 saturated carbocycles. The van der Waals surface area contributed by atoms with Gasteiger partial charge in [0.25, 0.3) is 0 Å². The fraction of sp³-hybridized carbons (Fsp3) is 0.903. The molecule has 1 amide bonds. The summed E-state index contributed by atoms with van der Waals surface area (Å²) in [6, 6.07) is -0.552. The van der Waals surface area contributed by atoms with E-state index in [0.29, 0.717) is 25.9 Å². The normalized spacial score (nSPS) is 12.7. The fourth-order valence-electron chi connectivity index (χ4n) is 9.51. The Hall–Kier alpha value is -1.66. The number of rotatable bonds is 57. The summed E-state index contributed by atoms with van der Waals surface area (Å²) < 4.78 is 5.48. The first-order valence-corrected chi connectivity index (χ1v) is 30.6. The first-order chi connectivity index (χ1) is 33.5. The molecular weight excluding hydrogens is 839 g/mol. The van der Waals surface area contributed by atoms with Crippen molar-refractivity contribution in [2.75, 3.05) is 13.2 Å². The number of nitrogens with one attached hydrogen (secondary N) is 1. The summed E-state index contributed by atoms with van der Waals surface area (Å²) in [5.74, 6) is -0.0473. The van der Waals surface area contributed by atoms with E-state index < -0.39 is 12.1 Å². The van der Waals surface area contributed by atoms with Crippen molar-refractivity contribution < 1.29 is 24.5 Å². The number of ether oxygens (including phenoxy) is 1. The van der Waals surface area contributed by atoms with Crippen molar-refractivity contribution in [3.63, 3.8) is 0 Å². The molecule has 0 bridgehead atoms. The molecule has 0 heterocycles. The van der Waals surface area contributed by atoms with Crippen LogP contribution in [-0.4, -0.2) is 47.4 Å². The lowest BCUT2D eigenvalue weighted by molar-refractivity contribution is -0.143. The molecule has 0 aromatic carbocycles. The standard InChI is InChI=1S/C62H119NO5/c1-3-5-7-9-11-13-15-17-19-23-28-32-36-40-44-48-52-56-62(67)68-57-53-49-45-41-37-33-29-25-22-21-24-27-31-35-39-43-47-51-55-61(66)63-59(58-64)60(65)54-50-46-42-38-34-30-26-20-18-16-14-12-10-8-6-4-2/h17,19,24,27,59-60,64-65H,3-16,18,20-23,25-26,28-58H2,1-2H3,(H,63,66)/b19-17-,27-24-. The van der Waals surface area contributed by atoms with Crippen molar-refractivity contribution in [1.82, 2.24) is 5.32 Å². The zero-order valence-electron chi connectivity index (χ0n) is 45.9. The molecule has 0 radical (unpaired) electrons. The molecule has 2 atom stereocenters. The Morgan fingerprint density at radius 2 is 0.691 bits per heavy atom. The van der Waals surface area contributed by atoms with E-state index >= 15 is 0 Å². The topological polar surface area (TPSA) is 95.9 Å². The van der Waals surface area contributed by atoms with E-state index in [2.05, 4.69) is 43.5 Å². The molecule has 6 heteroatoms. The van der Waals surface area contributed by atoms with Crippen LogP contribution in [0.5, 0.6) is 0 Å². The summed E-state index contributed by atoms with van der Waals surface area (Å²) in [7, 11) is 0. The molecule has 68 heavy (non-hydrogen) atoms. The lowest BCUT2D eigenvalue weighted by Crippen LogP contribution is -2.45. The Balaban J connectivity index is 3.44. The number of aliphatic hydroxyl groups is 2. The number of hydrogen-bond acceptors (Lipinski definition) is 5. The lowest BCUT2D eigenvalue weighted by atomic mass is 10.0. The predicted molar refractivity (Wildman–Crippen MR) is 296 cm³/mol. The van der Waals surface area contributed by atoms with E-state index in [9.17, 15) is 19.8 Å². The Morgan fingerprint density at radius 3 is 1.04 bits per heavy atom.